The SMILES string of the molecule is Cc1noc(C)c1CN(C=O)c1cc(C#CC(C)(C)C)sc1C(=O)O. The summed E-state index contributed by atoms with van der Waals surface area (Å²) in [6.07, 6.45) is 0.612. The molecule has 1 N–H and O–H groups in total. The average molecular weight is 360 g/mol. The van der Waals surface area contributed by atoms with Gasteiger partial charge in [-0.2, -0.15) is 0 Å². The fourth-order valence-electron chi connectivity index (χ4n) is 2.14. The van der Waals surface area contributed by atoms with Gasteiger partial charge in [-0.1, -0.05) is 17.0 Å². The van der Waals surface area contributed by atoms with E-state index in [1.165, 1.54) is 4.90 Å². The van der Waals surface area contributed by atoms with Crippen LogP contribution < -0.4 is 4.90 Å². The summed E-state index contributed by atoms with van der Waals surface area (Å²) in [6, 6.07) is 1.64. The maximum Gasteiger partial charge on any atom is 0.348 e. The van der Waals surface area contributed by atoms with Crippen molar-refractivity contribution in [2.45, 2.75) is 41.2 Å². The number of carboxylic acid groups (broad SMARTS) is 1. The molecule has 2 aromatic heterocycles. The summed E-state index contributed by atoms with van der Waals surface area (Å²) in [4.78, 5) is 25.2. The number of aromatic nitrogens is 1. The van der Waals surface area contributed by atoms with E-state index in [9.17, 15) is 14.7 Å². The van der Waals surface area contributed by atoms with Gasteiger partial charge in [0.15, 0.2) is 0 Å². The van der Waals surface area contributed by atoms with E-state index in [1.807, 2.05) is 20.8 Å². The standard InChI is InChI=1S/C18H20N2O4S/c1-11-14(12(2)24-19-11)9-20(10-21)15-8-13(6-7-18(3,4)5)25-16(15)17(22)23/h8,10H,9H2,1-5H3,(H,22,23). The van der Waals surface area contributed by atoms with Gasteiger partial charge in [-0.25, -0.2) is 4.79 Å². The monoisotopic (exact) mass is 360 g/mol. The van der Waals surface area contributed by atoms with Crippen LogP contribution >= 0.6 is 11.3 Å². The average Bonchev–Trinajstić information content (AvgIpc) is 3.07. The number of rotatable bonds is 5. The minimum Gasteiger partial charge on any atom is -0.477 e. The van der Waals surface area contributed by atoms with Crippen LogP contribution in [0.2, 0.25) is 0 Å². The van der Waals surface area contributed by atoms with Crippen molar-refractivity contribution in [1.29, 1.82) is 0 Å². The summed E-state index contributed by atoms with van der Waals surface area (Å²) < 4.78 is 5.11. The molecule has 2 heterocycles. The van der Waals surface area contributed by atoms with Crippen molar-refractivity contribution in [2.75, 3.05) is 4.90 Å². The lowest BCUT2D eigenvalue weighted by molar-refractivity contribution is -0.107. The molecule has 132 valence electrons. The van der Waals surface area contributed by atoms with Crippen LogP contribution in [0.5, 0.6) is 0 Å². The molecule has 2 aromatic rings. The zero-order valence-corrected chi connectivity index (χ0v) is 15.7. The molecule has 0 saturated heterocycles. The number of carbonyl (C=O) groups is 2. The second-order valence-corrected chi connectivity index (χ2v) is 7.72. The number of hydrogen-bond donors (Lipinski definition) is 1. The molecule has 6 nitrogen and oxygen atoms in total. The van der Waals surface area contributed by atoms with Crippen molar-refractivity contribution in [3.8, 4) is 11.8 Å². The van der Waals surface area contributed by atoms with Crippen LogP contribution in [0.1, 0.15) is 52.3 Å². The van der Waals surface area contributed by atoms with Gasteiger partial charge in [0.1, 0.15) is 10.6 Å². The molecule has 2 rings (SSSR count). The lowest BCUT2D eigenvalue weighted by atomic mass is 9.98. The number of thiophene rings is 1. The van der Waals surface area contributed by atoms with Gasteiger partial charge in [0.2, 0.25) is 6.41 Å². The lowest BCUT2D eigenvalue weighted by Gasteiger charge is -2.16. The maximum absolute atomic E-state index is 11.6. The highest BCUT2D eigenvalue weighted by Gasteiger charge is 2.22. The predicted octanol–water partition coefficient (Wildman–Crippen LogP) is 3.61. The minimum atomic E-state index is -1.09. The molecule has 0 saturated carbocycles. The summed E-state index contributed by atoms with van der Waals surface area (Å²) >= 11 is 1.06. The van der Waals surface area contributed by atoms with E-state index in [0.717, 1.165) is 16.9 Å². The first kappa shape index (κ1) is 18.7. The smallest absolute Gasteiger partial charge is 0.348 e. The number of amides is 1. The van der Waals surface area contributed by atoms with Crippen LogP contribution in [0, 0.1) is 31.1 Å². The minimum absolute atomic E-state index is 0.0806. The van der Waals surface area contributed by atoms with Gasteiger partial charge in [-0.05, 0) is 40.7 Å². The van der Waals surface area contributed by atoms with Crippen LogP contribution in [0.4, 0.5) is 5.69 Å². The third kappa shape index (κ3) is 4.48. The summed E-state index contributed by atoms with van der Waals surface area (Å²) in [5, 5.41) is 13.3. The molecule has 0 fully saturated rings. The number of nitrogens with zero attached hydrogens (tertiary/aromatic N) is 2. The van der Waals surface area contributed by atoms with Gasteiger partial charge < -0.3 is 14.5 Å². The summed E-state index contributed by atoms with van der Waals surface area (Å²) in [6.45, 7) is 9.64. The molecule has 0 aliphatic carbocycles. The fourth-order valence-corrected chi connectivity index (χ4v) is 3.00. The topological polar surface area (TPSA) is 83.6 Å². The number of carboxylic acids is 1. The van der Waals surface area contributed by atoms with Crippen LogP contribution in [-0.2, 0) is 11.3 Å². The number of carbonyl (C=O) groups excluding carboxylic acids is 1. The van der Waals surface area contributed by atoms with Crippen LogP contribution in [0.3, 0.4) is 0 Å². The first-order valence-electron chi connectivity index (χ1n) is 7.66. The Bertz CT molecular complexity index is 842. The second-order valence-electron chi connectivity index (χ2n) is 6.67. The number of aromatic carboxylic acids is 1. The molecular formula is C18H20N2O4S. The van der Waals surface area contributed by atoms with E-state index >= 15 is 0 Å². The molecule has 1 amide bonds. The van der Waals surface area contributed by atoms with Gasteiger partial charge in [0, 0.05) is 11.0 Å². The quantitative estimate of drug-likeness (QED) is 0.650. The van der Waals surface area contributed by atoms with Crippen molar-refractivity contribution in [3.63, 3.8) is 0 Å². The molecule has 25 heavy (non-hydrogen) atoms. The van der Waals surface area contributed by atoms with Gasteiger partial charge in [0.05, 0.1) is 22.8 Å². The summed E-state index contributed by atoms with van der Waals surface area (Å²) in [5.41, 5.74) is 1.56. The Morgan fingerprint density at radius 2 is 2.12 bits per heavy atom. The number of aryl methyl sites for hydroxylation is 2. The molecule has 7 heteroatoms. The van der Waals surface area contributed by atoms with Gasteiger partial charge in [-0.3, -0.25) is 4.79 Å². The highest BCUT2D eigenvalue weighted by Crippen LogP contribution is 2.31. The molecule has 0 unspecified atom stereocenters. The van der Waals surface area contributed by atoms with E-state index < -0.39 is 5.97 Å². The zero-order chi connectivity index (χ0) is 18.8. The first-order valence-corrected chi connectivity index (χ1v) is 8.48. The maximum atomic E-state index is 11.6. The van der Waals surface area contributed by atoms with Crippen LogP contribution in [-0.4, -0.2) is 22.6 Å². The van der Waals surface area contributed by atoms with E-state index in [2.05, 4.69) is 17.0 Å². The molecule has 0 bridgehead atoms. The third-order valence-corrected chi connectivity index (χ3v) is 4.44. The Kier molecular flexibility index (Phi) is 5.33. The van der Waals surface area contributed by atoms with E-state index in [4.69, 9.17) is 4.52 Å². The number of anilines is 1. The Morgan fingerprint density at radius 3 is 2.60 bits per heavy atom. The molecule has 0 aromatic carbocycles. The Balaban J connectivity index is 2.43. The highest BCUT2D eigenvalue weighted by molar-refractivity contribution is 7.15. The molecule has 0 aliphatic rings. The normalized spacial score (nSPS) is 10.9. The van der Waals surface area contributed by atoms with E-state index in [1.54, 1.807) is 19.9 Å². The van der Waals surface area contributed by atoms with Crippen molar-refractivity contribution in [2.24, 2.45) is 5.41 Å². The highest BCUT2D eigenvalue weighted by atomic mass is 32.1. The van der Waals surface area contributed by atoms with Crippen LogP contribution in [0.15, 0.2) is 10.6 Å². The van der Waals surface area contributed by atoms with Crippen molar-refractivity contribution >= 4 is 29.4 Å². The van der Waals surface area contributed by atoms with E-state index in [0.29, 0.717) is 28.4 Å². The molecular weight excluding hydrogens is 340 g/mol. The molecule has 0 spiro atoms. The molecule has 0 atom stereocenters. The van der Waals surface area contributed by atoms with Gasteiger partial charge in [-0.15, -0.1) is 11.3 Å². The Morgan fingerprint density at radius 1 is 1.44 bits per heavy atom. The molecule has 0 radical (unpaired) electrons. The summed E-state index contributed by atoms with van der Waals surface area (Å²) in [5.74, 6) is 5.58. The van der Waals surface area contributed by atoms with Crippen molar-refractivity contribution in [3.05, 3.63) is 32.8 Å². The lowest BCUT2D eigenvalue weighted by Crippen LogP contribution is -2.22. The number of hydrogen-bond acceptors (Lipinski definition) is 5. The fraction of sp³-hybridized carbons (Fsp3) is 0.389. The van der Waals surface area contributed by atoms with Gasteiger partial charge >= 0.3 is 5.97 Å². The largest absolute Gasteiger partial charge is 0.477 e. The van der Waals surface area contributed by atoms with Crippen molar-refractivity contribution < 1.29 is 19.2 Å². The van der Waals surface area contributed by atoms with Crippen LogP contribution in [0.25, 0.3) is 0 Å². The van der Waals surface area contributed by atoms with Gasteiger partial charge in [0.25, 0.3) is 0 Å². The first-order chi connectivity index (χ1) is 11.6. The Hall–Kier alpha value is -2.59. The second kappa shape index (κ2) is 7.11. The molecule has 0 aliphatic heterocycles. The predicted molar refractivity (Wildman–Crippen MR) is 95.8 cm³/mol. The summed E-state index contributed by atoms with van der Waals surface area (Å²) in [7, 11) is 0. The zero-order valence-electron chi connectivity index (χ0n) is 14.8. The Labute approximate surface area is 150 Å². The van der Waals surface area contributed by atoms with Crippen molar-refractivity contribution in [1.82, 2.24) is 5.16 Å². The third-order valence-electron chi connectivity index (χ3n) is 3.41. The van der Waals surface area contributed by atoms with E-state index in [-0.39, 0.29) is 16.8 Å².